The van der Waals surface area contributed by atoms with Crippen molar-refractivity contribution in [2.75, 3.05) is 13.1 Å². The highest BCUT2D eigenvalue weighted by molar-refractivity contribution is 5.21. The lowest BCUT2D eigenvalue weighted by Gasteiger charge is -2.33. The molecule has 1 atom stereocenters. The van der Waals surface area contributed by atoms with Crippen molar-refractivity contribution < 1.29 is 0 Å². The first-order valence-corrected chi connectivity index (χ1v) is 10.3. The minimum Gasteiger partial charge on any atom is -0.309 e. The number of aromatic nitrogens is 3. The fraction of sp³-hybridized carbons (Fsp3) is 0.619. The van der Waals surface area contributed by atoms with Gasteiger partial charge in [-0.25, -0.2) is 0 Å². The molecule has 1 saturated heterocycles. The lowest BCUT2D eigenvalue weighted by atomic mass is 9.85. The van der Waals surface area contributed by atoms with Gasteiger partial charge in [0.1, 0.15) is 0 Å². The molecule has 140 valence electrons. The highest BCUT2D eigenvalue weighted by Gasteiger charge is 2.23. The third kappa shape index (κ3) is 4.51. The SMILES string of the molecule is c1ccc(CN2CCCC(NCc3cn[nH]c3C3CCCCC3)C2)nc1. The van der Waals surface area contributed by atoms with Crippen LogP contribution in [0, 0.1) is 0 Å². The Morgan fingerprint density at radius 3 is 2.88 bits per heavy atom. The van der Waals surface area contributed by atoms with E-state index >= 15 is 0 Å². The molecule has 0 aromatic carbocycles. The van der Waals surface area contributed by atoms with Crippen LogP contribution in [0.4, 0.5) is 0 Å². The Bertz CT molecular complexity index is 662. The van der Waals surface area contributed by atoms with Gasteiger partial charge in [0, 0.05) is 49.0 Å². The smallest absolute Gasteiger partial charge is 0.0543 e. The van der Waals surface area contributed by atoms with Gasteiger partial charge in [-0.15, -0.1) is 0 Å². The third-order valence-electron chi connectivity index (χ3n) is 5.96. The van der Waals surface area contributed by atoms with E-state index in [1.807, 2.05) is 18.5 Å². The predicted octanol–water partition coefficient (Wildman–Crippen LogP) is 3.61. The molecule has 1 saturated carbocycles. The van der Waals surface area contributed by atoms with E-state index in [0.29, 0.717) is 12.0 Å². The Labute approximate surface area is 156 Å². The average Bonchev–Trinajstić information content (AvgIpc) is 3.17. The topological polar surface area (TPSA) is 56.8 Å². The molecule has 5 nitrogen and oxygen atoms in total. The predicted molar refractivity (Wildman–Crippen MR) is 104 cm³/mol. The number of hydrogen-bond donors (Lipinski definition) is 2. The second kappa shape index (κ2) is 8.78. The summed E-state index contributed by atoms with van der Waals surface area (Å²) < 4.78 is 0. The van der Waals surface area contributed by atoms with Gasteiger partial charge < -0.3 is 5.32 Å². The molecular formula is C21H31N5. The molecule has 0 amide bonds. The summed E-state index contributed by atoms with van der Waals surface area (Å²) in [5.41, 5.74) is 3.93. The fourth-order valence-electron chi connectivity index (χ4n) is 4.55. The summed E-state index contributed by atoms with van der Waals surface area (Å²) in [5.74, 6) is 0.690. The number of piperidine rings is 1. The maximum absolute atomic E-state index is 4.47. The van der Waals surface area contributed by atoms with Gasteiger partial charge in [0.25, 0.3) is 0 Å². The van der Waals surface area contributed by atoms with E-state index in [1.54, 1.807) is 0 Å². The Kier molecular flexibility index (Phi) is 5.97. The standard InChI is InChI=1S/C21H31N5/c1-2-7-17(8-3-1)21-18(14-24-25-21)13-23-20-10-6-12-26(16-20)15-19-9-4-5-11-22-19/h4-5,9,11,14,17,20,23H,1-3,6-8,10,12-13,15-16H2,(H,24,25). The maximum Gasteiger partial charge on any atom is 0.0543 e. The minimum atomic E-state index is 0.557. The van der Waals surface area contributed by atoms with E-state index in [1.165, 1.54) is 68.4 Å². The minimum absolute atomic E-state index is 0.557. The van der Waals surface area contributed by atoms with Crippen LogP contribution in [0.3, 0.4) is 0 Å². The third-order valence-corrected chi connectivity index (χ3v) is 5.96. The first-order chi connectivity index (χ1) is 12.9. The number of nitrogens with one attached hydrogen (secondary N) is 2. The zero-order valence-corrected chi connectivity index (χ0v) is 15.7. The van der Waals surface area contributed by atoms with E-state index in [-0.39, 0.29) is 0 Å². The van der Waals surface area contributed by atoms with Crippen molar-refractivity contribution in [1.82, 2.24) is 25.4 Å². The van der Waals surface area contributed by atoms with E-state index < -0.39 is 0 Å². The van der Waals surface area contributed by atoms with Gasteiger partial charge in [0.2, 0.25) is 0 Å². The average molecular weight is 354 g/mol. The Balaban J connectivity index is 1.30. The van der Waals surface area contributed by atoms with Gasteiger partial charge in [0.15, 0.2) is 0 Å². The van der Waals surface area contributed by atoms with E-state index in [2.05, 4.69) is 37.5 Å². The van der Waals surface area contributed by atoms with Crippen molar-refractivity contribution in [3.8, 4) is 0 Å². The fourth-order valence-corrected chi connectivity index (χ4v) is 4.55. The molecule has 0 radical (unpaired) electrons. The van der Waals surface area contributed by atoms with Gasteiger partial charge in [-0.1, -0.05) is 25.3 Å². The van der Waals surface area contributed by atoms with Gasteiger partial charge in [-0.2, -0.15) is 5.10 Å². The molecule has 3 heterocycles. The molecule has 0 spiro atoms. The van der Waals surface area contributed by atoms with E-state index in [4.69, 9.17) is 0 Å². The number of hydrogen-bond acceptors (Lipinski definition) is 4. The summed E-state index contributed by atoms with van der Waals surface area (Å²) in [5, 5.41) is 11.4. The molecule has 4 rings (SSSR count). The number of aromatic amines is 1. The summed E-state index contributed by atoms with van der Waals surface area (Å²) >= 11 is 0. The highest BCUT2D eigenvalue weighted by atomic mass is 15.2. The second-order valence-electron chi connectivity index (χ2n) is 7.92. The molecule has 1 aliphatic carbocycles. The summed E-state index contributed by atoms with van der Waals surface area (Å²) in [7, 11) is 0. The first kappa shape index (κ1) is 17.7. The van der Waals surface area contributed by atoms with E-state index in [9.17, 15) is 0 Å². The van der Waals surface area contributed by atoms with Gasteiger partial charge in [0.05, 0.1) is 11.9 Å². The largest absolute Gasteiger partial charge is 0.309 e. The van der Waals surface area contributed by atoms with Crippen LogP contribution in [0.5, 0.6) is 0 Å². The number of H-pyrrole nitrogens is 1. The van der Waals surface area contributed by atoms with Crippen LogP contribution < -0.4 is 5.32 Å². The molecule has 2 aromatic rings. The zero-order chi connectivity index (χ0) is 17.6. The monoisotopic (exact) mass is 353 g/mol. The molecular weight excluding hydrogens is 322 g/mol. The summed E-state index contributed by atoms with van der Waals surface area (Å²) in [4.78, 5) is 7.00. The molecule has 2 fully saturated rings. The van der Waals surface area contributed by atoms with Crippen LogP contribution in [0.25, 0.3) is 0 Å². The molecule has 0 bridgehead atoms. The molecule has 1 unspecified atom stereocenters. The molecule has 2 N–H and O–H groups in total. The lowest BCUT2D eigenvalue weighted by molar-refractivity contribution is 0.181. The maximum atomic E-state index is 4.47. The van der Waals surface area contributed by atoms with Gasteiger partial charge in [-0.3, -0.25) is 15.0 Å². The quantitative estimate of drug-likeness (QED) is 0.833. The van der Waals surface area contributed by atoms with Crippen LogP contribution in [0.1, 0.15) is 67.8 Å². The van der Waals surface area contributed by atoms with Crippen LogP contribution in [-0.4, -0.2) is 39.2 Å². The van der Waals surface area contributed by atoms with Crippen LogP contribution in [0.15, 0.2) is 30.6 Å². The number of pyridine rings is 1. The summed E-state index contributed by atoms with van der Waals surface area (Å²) in [6, 6.07) is 6.74. The number of nitrogens with zero attached hydrogens (tertiary/aromatic N) is 3. The Morgan fingerprint density at radius 1 is 1.12 bits per heavy atom. The van der Waals surface area contributed by atoms with Crippen molar-refractivity contribution in [3.63, 3.8) is 0 Å². The van der Waals surface area contributed by atoms with Gasteiger partial charge in [-0.05, 0) is 44.4 Å². The molecule has 1 aliphatic heterocycles. The van der Waals surface area contributed by atoms with Crippen molar-refractivity contribution in [2.24, 2.45) is 0 Å². The Morgan fingerprint density at radius 2 is 2.04 bits per heavy atom. The molecule has 2 aromatic heterocycles. The van der Waals surface area contributed by atoms with Crippen molar-refractivity contribution in [1.29, 1.82) is 0 Å². The van der Waals surface area contributed by atoms with Crippen molar-refractivity contribution in [3.05, 3.63) is 47.5 Å². The van der Waals surface area contributed by atoms with Crippen molar-refractivity contribution >= 4 is 0 Å². The van der Waals surface area contributed by atoms with Crippen LogP contribution in [0.2, 0.25) is 0 Å². The molecule has 26 heavy (non-hydrogen) atoms. The second-order valence-corrected chi connectivity index (χ2v) is 7.92. The van der Waals surface area contributed by atoms with Crippen LogP contribution in [-0.2, 0) is 13.1 Å². The number of rotatable bonds is 6. The zero-order valence-electron chi connectivity index (χ0n) is 15.7. The van der Waals surface area contributed by atoms with Crippen LogP contribution >= 0.6 is 0 Å². The normalized spacial score (nSPS) is 22.5. The Hall–Kier alpha value is -1.72. The van der Waals surface area contributed by atoms with Crippen molar-refractivity contribution in [2.45, 2.75) is 70.0 Å². The van der Waals surface area contributed by atoms with Gasteiger partial charge >= 0.3 is 0 Å². The van der Waals surface area contributed by atoms with E-state index in [0.717, 1.165) is 19.6 Å². The summed E-state index contributed by atoms with van der Waals surface area (Å²) in [6.07, 6.45) is 13.2. The lowest BCUT2D eigenvalue weighted by Crippen LogP contribution is -2.45. The highest BCUT2D eigenvalue weighted by Crippen LogP contribution is 2.33. The number of likely N-dealkylation sites (tertiary alicyclic amines) is 1. The summed E-state index contributed by atoms with van der Waals surface area (Å²) in [6.45, 7) is 4.17. The molecule has 5 heteroatoms. The molecule has 2 aliphatic rings. The first-order valence-electron chi connectivity index (χ1n) is 10.3.